The van der Waals surface area contributed by atoms with Gasteiger partial charge < -0.3 is 4.74 Å². The van der Waals surface area contributed by atoms with Crippen molar-refractivity contribution in [2.75, 3.05) is 6.61 Å². The van der Waals surface area contributed by atoms with E-state index in [0.29, 0.717) is 11.5 Å². The first-order valence-electron chi connectivity index (χ1n) is 7.65. The Hall–Kier alpha value is -1.59. The maximum Gasteiger partial charge on any atom is 0.240 e. The highest BCUT2D eigenvalue weighted by molar-refractivity contribution is 7.89. The highest BCUT2D eigenvalue weighted by Gasteiger charge is 2.16. The lowest BCUT2D eigenvalue weighted by molar-refractivity contribution is 0.318. The van der Waals surface area contributed by atoms with Crippen LogP contribution in [0.5, 0.6) is 5.75 Å². The fraction of sp³-hybridized carbons (Fsp3) is 0.412. The standard InChI is InChI=1S/C17H23NO3S/c1-4-10-21-16-8-6-15-12-17(9-7-14(15)11-16)22(19,20)18-13(3)5-2/h6-9,11-13,18H,4-5,10H2,1-3H3/t13-/m1/s1. The molecule has 0 spiro atoms. The quantitative estimate of drug-likeness (QED) is 0.846. The lowest BCUT2D eigenvalue weighted by Gasteiger charge is -2.13. The maximum absolute atomic E-state index is 12.3. The van der Waals surface area contributed by atoms with Crippen LogP contribution in [0.1, 0.15) is 33.6 Å². The van der Waals surface area contributed by atoms with Gasteiger partial charge in [-0.15, -0.1) is 0 Å². The number of hydrogen-bond acceptors (Lipinski definition) is 3. The highest BCUT2D eigenvalue weighted by Crippen LogP contribution is 2.24. The Morgan fingerprint density at radius 3 is 2.45 bits per heavy atom. The summed E-state index contributed by atoms with van der Waals surface area (Å²) in [5.74, 6) is 0.808. The van der Waals surface area contributed by atoms with Crippen molar-refractivity contribution in [1.82, 2.24) is 4.72 Å². The summed E-state index contributed by atoms with van der Waals surface area (Å²) in [4.78, 5) is 0.294. The number of fused-ring (bicyclic) bond motifs is 1. The molecule has 1 atom stereocenters. The molecule has 0 bridgehead atoms. The van der Waals surface area contributed by atoms with Gasteiger partial charge in [0.2, 0.25) is 10.0 Å². The molecule has 0 unspecified atom stereocenters. The van der Waals surface area contributed by atoms with E-state index < -0.39 is 10.0 Å². The van der Waals surface area contributed by atoms with Gasteiger partial charge in [0.1, 0.15) is 5.75 Å². The molecule has 0 aliphatic heterocycles. The van der Waals surface area contributed by atoms with Crippen LogP contribution in [0.4, 0.5) is 0 Å². The number of benzene rings is 2. The van der Waals surface area contributed by atoms with Crippen LogP contribution in [-0.4, -0.2) is 21.1 Å². The van der Waals surface area contributed by atoms with Crippen LogP contribution in [0.15, 0.2) is 41.3 Å². The molecule has 0 radical (unpaired) electrons. The second kappa shape index (κ2) is 7.11. The number of sulfonamides is 1. The van der Waals surface area contributed by atoms with Crippen LogP contribution in [0.25, 0.3) is 10.8 Å². The molecular weight excluding hydrogens is 298 g/mol. The van der Waals surface area contributed by atoms with Crippen LogP contribution >= 0.6 is 0 Å². The predicted molar refractivity (Wildman–Crippen MR) is 89.8 cm³/mol. The Kier molecular flexibility index (Phi) is 5.42. The summed E-state index contributed by atoms with van der Waals surface area (Å²) in [6, 6.07) is 10.8. The average Bonchev–Trinajstić information content (AvgIpc) is 2.51. The van der Waals surface area contributed by atoms with Crippen LogP contribution in [0.2, 0.25) is 0 Å². The smallest absolute Gasteiger partial charge is 0.240 e. The van der Waals surface area contributed by atoms with Crippen molar-refractivity contribution in [1.29, 1.82) is 0 Å². The second-order valence-electron chi connectivity index (χ2n) is 5.45. The van der Waals surface area contributed by atoms with E-state index in [1.807, 2.05) is 38.1 Å². The van der Waals surface area contributed by atoms with Gasteiger partial charge in [-0.2, -0.15) is 0 Å². The number of rotatable bonds is 7. The van der Waals surface area contributed by atoms with Crippen LogP contribution < -0.4 is 9.46 Å². The van der Waals surface area contributed by atoms with E-state index in [0.717, 1.165) is 29.4 Å². The Bertz CT molecular complexity index is 741. The van der Waals surface area contributed by atoms with Gasteiger partial charge in [0.15, 0.2) is 0 Å². The Morgan fingerprint density at radius 1 is 1.09 bits per heavy atom. The van der Waals surface area contributed by atoms with E-state index in [2.05, 4.69) is 11.6 Å². The van der Waals surface area contributed by atoms with Crippen molar-refractivity contribution in [2.45, 2.75) is 44.6 Å². The molecule has 2 aromatic rings. The summed E-state index contributed by atoms with van der Waals surface area (Å²) < 4.78 is 32.9. The molecular formula is C17H23NO3S. The molecule has 0 fully saturated rings. The summed E-state index contributed by atoms with van der Waals surface area (Å²) in [5.41, 5.74) is 0. The second-order valence-corrected chi connectivity index (χ2v) is 7.16. The van der Waals surface area contributed by atoms with E-state index in [-0.39, 0.29) is 6.04 Å². The average molecular weight is 321 g/mol. The molecule has 0 saturated heterocycles. The third kappa shape index (κ3) is 3.99. The van der Waals surface area contributed by atoms with Gasteiger partial charge >= 0.3 is 0 Å². The zero-order chi connectivity index (χ0) is 16.2. The lowest BCUT2D eigenvalue weighted by atomic mass is 10.1. The Morgan fingerprint density at radius 2 is 1.77 bits per heavy atom. The molecule has 0 aliphatic rings. The van der Waals surface area contributed by atoms with Crippen molar-refractivity contribution in [3.63, 3.8) is 0 Å². The van der Waals surface area contributed by atoms with Gasteiger partial charge in [0.25, 0.3) is 0 Å². The minimum atomic E-state index is -3.47. The van der Waals surface area contributed by atoms with E-state index in [9.17, 15) is 8.42 Å². The van der Waals surface area contributed by atoms with E-state index in [4.69, 9.17) is 4.74 Å². The normalized spacial score (nSPS) is 13.2. The zero-order valence-corrected chi connectivity index (χ0v) is 14.1. The zero-order valence-electron chi connectivity index (χ0n) is 13.3. The van der Waals surface area contributed by atoms with Crippen LogP contribution in [0.3, 0.4) is 0 Å². The maximum atomic E-state index is 12.3. The SMILES string of the molecule is CCCOc1ccc2cc(S(=O)(=O)N[C@H](C)CC)ccc2c1. The predicted octanol–water partition coefficient (Wildman–Crippen LogP) is 3.71. The van der Waals surface area contributed by atoms with Crippen LogP contribution in [0, 0.1) is 0 Å². The Labute approximate surface area is 132 Å². The van der Waals surface area contributed by atoms with E-state index in [1.165, 1.54) is 0 Å². The van der Waals surface area contributed by atoms with Crippen molar-refractivity contribution >= 4 is 20.8 Å². The topological polar surface area (TPSA) is 55.4 Å². The van der Waals surface area contributed by atoms with Gasteiger partial charge in [-0.3, -0.25) is 0 Å². The summed E-state index contributed by atoms with van der Waals surface area (Å²) >= 11 is 0. The third-order valence-corrected chi connectivity index (χ3v) is 5.12. The molecule has 5 heteroatoms. The van der Waals surface area contributed by atoms with Gasteiger partial charge in [-0.05, 0) is 54.8 Å². The van der Waals surface area contributed by atoms with Gasteiger partial charge in [0.05, 0.1) is 11.5 Å². The minimum absolute atomic E-state index is 0.0782. The summed E-state index contributed by atoms with van der Waals surface area (Å²) in [7, 11) is -3.47. The summed E-state index contributed by atoms with van der Waals surface area (Å²) in [6.07, 6.45) is 1.71. The molecule has 0 aliphatic carbocycles. The fourth-order valence-corrected chi connectivity index (χ4v) is 3.46. The van der Waals surface area contributed by atoms with E-state index in [1.54, 1.807) is 12.1 Å². The molecule has 1 N–H and O–H groups in total. The molecule has 4 nitrogen and oxygen atoms in total. The first-order chi connectivity index (χ1) is 10.5. The van der Waals surface area contributed by atoms with E-state index >= 15 is 0 Å². The lowest BCUT2D eigenvalue weighted by Crippen LogP contribution is -2.31. The molecule has 120 valence electrons. The van der Waals surface area contributed by atoms with Crippen molar-refractivity contribution in [3.8, 4) is 5.75 Å². The monoisotopic (exact) mass is 321 g/mol. The first kappa shape index (κ1) is 16.8. The van der Waals surface area contributed by atoms with Crippen molar-refractivity contribution in [3.05, 3.63) is 36.4 Å². The van der Waals surface area contributed by atoms with Gasteiger partial charge in [-0.1, -0.05) is 26.0 Å². The van der Waals surface area contributed by atoms with Crippen molar-refractivity contribution in [2.24, 2.45) is 0 Å². The molecule has 0 aromatic heterocycles. The van der Waals surface area contributed by atoms with Crippen LogP contribution in [-0.2, 0) is 10.0 Å². The molecule has 22 heavy (non-hydrogen) atoms. The fourth-order valence-electron chi connectivity index (χ4n) is 2.09. The first-order valence-corrected chi connectivity index (χ1v) is 9.13. The van der Waals surface area contributed by atoms with Gasteiger partial charge in [0, 0.05) is 6.04 Å². The van der Waals surface area contributed by atoms with Crippen molar-refractivity contribution < 1.29 is 13.2 Å². The molecule has 0 heterocycles. The molecule has 0 amide bonds. The number of hydrogen-bond donors (Lipinski definition) is 1. The largest absolute Gasteiger partial charge is 0.494 e. The molecule has 2 rings (SSSR count). The minimum Gasteiger partial charge on any atom is -0.494 e. The summed E-state index contributed by atoms with van der Waals surface area (Å²) in [6.45, 7) is 6.54. The Balaban J connectivity index is 2.31. The summed E-state index contributed by atoms with van der Waals surface area (Å²) in [5, 5.41) is 1.85. The highest BCUT2D eigenvalue weighted by atomic mass is 32.2. The number of nitrogens with one attached hydrogen (secondary N) is 1. The third-order valence-electron chi connectivity index (χ3n) is 3.54. The molecule has 0 saturated carbocycles. The molecule has 2 aromatic carbocycles. The van der Waals surface area contributed by atoms with Gasteiger partial charge in [-0.25, -0.2) is 13.1 Å². The number of ether oxygens (including phenoxy) is 1.